The van der Waals surface area contributed by atoms with Crippen LogP contribution in [0.15, 0.2) is 71.2 Å². The first-order valence-electron chi connectivity index (χ1n) is 10.7. The van der Waals surface area contributed by atoms with Crippen LogP contribution in [0.2, 0.25) is 0 Å². The minimum atomic E-state index is -2.18. The van der Waals surface area contributed by atoms with E-state index in [1.54, 1.807) is 24.3 Å². The van der Waals surface area contributed by atoms with Crippen molar-refractivity contribution in [3.63, 3.8) is 0 Å². The fourth-order valence-corrected chi connectivity index (χ4v) is 5.77. The first-order valence-corrected chi connectivity index (χ1v) is 11.5. The van der Waals surface area contributed by atoms with Gasteiger partial charge < -0.3 is 4.57 Å². The van der Waals surface area contributed by atoms with Crippen LogP contribution in [0.1, 0.15) is 0 Å². The SMILES string of the molecule is Fc1c(F)c(F)c(-n2c3ccccc3c3cc4ccc5c(Br)ccc6ccc(c4c65)c32)c(F)c1F. The Bertz CT molecular complexity index is 2000. The highest BCUT2D eigenvalue weighted by Crippen LogP contribution is 2.44. The zero-order valence-electron chi connectivity index (χ0n) is 17.6. The molecular weight excluding hydrogens is 525 g/mol. The predicted molar refractivity (Wildman–Crippen MR) is 132 cm³/mol. The van der Waals surface area contributed by atoms with Gasteiger partial charge in [0, 0.05) is 20.6 Å². The fourth-order valence-electron chi connectivity index (χ4n) is 5.31. The van der Waals surface area contributed by atoms with Gasteiger partial charge in [0.2, 0.25) is 5.82 Å². The summed E-state index contributed by atoms with van der Waals surface area (Å²) in [4.78, 5) is 0. The van der Waals surface area contributed by atoms with E-state index in [4.69, 9.17) is 0 Å². The van der Waals surface area contributed by atoms with Crippen molar-refractivity contribution in [3.05, 3.63) is 100 Å². The van der Waals surface area contributed by atoms with Crippen LogP contribution in [-0.4, -0.2) is 4.57 Å². The first kappa shape index (κ1) is 20.6. The Morgan fingerprint density at radius 2 is 1.14 bits per heavy atom. The highest BCUT2D eigenvalue weighted by molar-refractivity contribution is 9.10. The quantitative estimate of drug-likeness (QED) is 0.0854. The lowest BCUT2D eigenvalue weighted by Gasteiger charge is -2.16. The molecular formula is C28H11BrF5N. The predicted octanol–water partition coefficient (Wildman–Crippen LogP) is 9.14. The molecule has 7 rings (SSSR count). The molecule has 170 valence electrons. The molecule has 0 aliphatic carbocycles. The maximum atomic E-state index is 15.1. The number of fused-ring (bicyclic) bond motifs is 4. The summed E-state index contributed by atoms with van der Waals surface area (Å²) in [5.41, 5.74) is -0.290. The second kappa shape index (κ2) is 6.92. The summed E-state index contributed by atoms with van der Waals surface area (Å²) in [5, 5.41) is 6.57. The number of halogens is 6. The Balaban J connectivity index is 1.81. The van der Waals surface area contributed by atoms with Crippen LogP contribution in [0.25, 0.3) is 59.8 Å². The molecule has 0 atom stereocenters. The van der Waals surface area contributed by atoms with Gasteiger partial charge in [0.25, 0.3) is 0 Å². The molecule has 0 radical (unpaired) electrons. The van der Waals surface area contributed by atoms with Crippen LogP contribution in [-0.2, 0) is 0 Å². The van der Waals surface area contributed by atoms with E-state index in [2.05, 4.69) is 15.9 Å². The maximum absolute atomic E-state index is 15.1. The zero-order valence-corrected chi connectivity index (χ0v) is 19.2. The Hall–Kier alpha value is -3.71. The van der Waals surface area contributed by atoms with E-state index in [0.717, 1.165) is 36.0 Å². The monoisotopic (exact) mass is 535 g/mol. The molecule has 0 unspecified atom stereocenters. The Kier molecular flexibility index (Phi) is 4.08. The maximum Gasteiger partial charge on any atom is 0.200 e. The minimum Gasteiger partial charge on any atom is -0.303 e. The van der Waals surface area contributed by atoms with Crippen molar-refractivity contribution < 1.29 is 22.0 Å². The second-order valence-electron chi connectivity index (χ2n) is 8.51. The molecule has 1 aromatic heterocycles. The Labute approximate surface area is 202 Å². The van der Waals surface area contributed by atoms with Crippen molar-refractivity contribution in [1.82, 2.24) is 4.57 Å². The number of aromatic nitrogens is 1. The van der Waals surface area contributed by atoms with Gasteiger partial charge in [-0.1, -0.05) is 64.5 Å². The molecule has 0 fully saturated rings. The average Bonchev–Trinajstić information content (AvgIpc) is 3.20. The van der Waals surface area contributed by atoms with Gasteiger partial charge in [-0.2, -0.15) is 0 Å². The van der Waals surface area contributed by atoms with Crippen LogP contribution in [0.3, 0.4) is 0 Å². The van der Waals surface area contributed by atoms with E-state index < -0.39 is 34.8 Å². The van der Waals surface area contributed by atoms with Crippen molar-refractivity contribution in [1.29, 1.82) is 0 Å². The molecule has 7 aromatic rings. The summed E-state index contributed by atoms with van der Waals surface area (Å²) in [6.45, 7) is 0. The van der Waals surface area contributed by atoms with E-state index >= 15 is 8.78 Å². The van der Waals surface area contributed by atoms with Gasteiger partial charge in [-0.05, 0) is 45.1 Å². The molecule has 35 heavy (non-hydrogen) atoms. The molecule has 0 saturated heterocycles. The van der Waals surface area contributed by atoms with Crippen LogP contribution in [0.5, 0.6) is 0 Å². The van der Waals surface area contributed by atoms with Gasteiger partial charge in [0.1, 0.15) is 5.69 Å². The van der Waals surface area contributed by atoms with Crippen molar-refractivity contribution in [2.24, 2.45) is 0 Å². The van der Waals surface area contributed by atoms with Crippen LogP contribution in [0, 0.1) is 29.1 Å². The number of para-hydroxylation sites is 1. The molecule has 6 aromatic carbocycles. The van der Waals surface area contributed by atoms with Crippen molar-refractivity contribution in [3.8, 4) is 5.69 Å². The van der Waals surface area contributed by atoms with Crippen molar-refractivity contribution in [2.45, 2.75) is 0 Å². The summed E-state index contributed by atoms with van der Waals surface area (Å²) < 4.78 is 74.8. The fraction of sp³-hybridized carbons (Fsp3) is 0. The number of hydrogen-bond donors (Lipinski definition) is 0. The van der Waals surface area contributed by atoms with Crippen LogP contribution < -0.4 is 0 Å². The summed E-state index contributed by atoms with van der Waals surface area (Å²) in [7, 11) is 0. The molecule has 0 saturated carbocycles. The normalized spacial score (nSPS) is 12.3. The molecule has 0 bridgehead atoms. The summed E-state index contributed by atoms with van der Waals surface area (Å²) in [6.07, 6.45) is 0. The molecule has 1 heterocycles. The van der Waals surface area contributed by atoms with Crippen LogP contribution >= 0.6 is 15.9 Å². The number of benzene rings is 6. The van der Waals surface area contributed by atoms with Crippen LogP contribution in [0.4, 0.5) is 22.0 Å². The summed E-state index contributed by atoms with van der Waals surface area (Å²) in [5.74, 6) is -9.90. The Morgan fingerprint density at radius 1 is 0.543 bits per heavy atom. The molecule has 0 spiro atoms. The molecule has 0 aliphatic heterocycles. The van der Waals surface area contributed by atoms with E-state index in [1.807, 2.05) is 42.5 Å². The summed E-state index contributed by atoms with van der Waals surface area (Å²) >= 11 is 3.59. The highest BCUT2D eigenvalue weighted by atomic mass is 79.9. The lowest BCUT2D eigenvalue weighted by Crippen LogP contribution is -2.09. The topological polar surface area (TPSA) is 4.93 Å². The second-order valence-corrected chi connectivity index (χ2v) is 9.37. The largest absolute Gasteiger partial charge is 0.303 e. The molecule has 7 heteroatoms. The first-order chi connectivity index (χ1) is 16.9. The van der Waals surface area contributed by atoms with Gasteiger partial charge in [0.15, 0.2) is 23.3 Å². The summed E-state index contributed by atoms with van der Waals surface area (Å²) in [6, 6.07) is 20.3. The third-order valence-electron chi connectivity index (χ3n) is 6.77. The standard InChI is InChI=1S/C28H11BrF5N/c29-18-10-7-12-5-9-16-21-13(6-8-15(18)20(12)21)11-17-14-3-1-2-4-19(14)35(27(16)17)28-25(33)23(31)22(30)24(32)26(28)34/h1-11H. The zero-order chi connectivity index (χ0) is 24.2. The number of hydrogen-bond acceptors (Lipinski definition) is 0. The van der Waals surface area contributed by atoms with E-state index in [0.29, 0.717) is 27.2 Å². The third kappa shape index (κ3) is 2.51. The van der Waals surface area contributed by atoms with Crippen molar-refractivity contribution in [2.75, 3.05) is 0 Å². The van der Waals surface area contributed by atoms with Gasteiger partial charge in [0.05, 0.1) is 11.0 Å². The molecule has 0 amide bonds. The molecule has 0 N–H and O–H groups in total. The third-order valence-corrected chi connectivity index (χ3v) is 7.46. The van der Waals surface area contributed by atoms with E-state index in [-0.39, 0.29) is 0 Å². The molecule has 1 nitrogen and oxygen atoms in total. The minimum absolute atomic E-state index is 0.335. The van der Waals surface area contributed by atoms with Gasteiger partial charge >= 0.3 is 0 Å². The highest BCUT2D eigenvalue weighted by Gasteiger charge is 2.29. The van der Waals surface area contributed by atoms with Crippen molar-refractivity contribution >= 4 is 70.1 Å². The number of nitrogens with zero attached hydrogens (tertiary/aromatic N) is 1. The number of rotatable bonds is 1. The lowest BCUT2D eigenvalue weighted by molar-refractivity contribution is 0.376. The van der Waals surface area contributed by atoms with E-state index in [9.17, 15) is 13.2 Å². The molecule has 0 aliphatic rings. The average molecular weight is 536 g/mol. The Morgan fingerprint density at radius 3 is 1.91 bits per heavy atom. The lowest BCUT2D eigenvalue weighted by atomic mass is 9.92. The van der Waals surface area contributed by atoms with E-state index in [1.165, 1.54) is 0 Å². The van der Waals surface area contributed by atoms with Gasteiger partial charge in [-0.3, -0.25) is 0 Å². The van der Waals surface area contributed by atoms with Gasteiger partial charge in [-0.25, -0.2) is 22.0 Å². The van der Waals surface area contributed by atoms with Gasteiger partial charge in [-0.15, -0.1) is 0 Å². The smallest absolute Gasteiger partial charge is 0.200 e.